The number of morpholine rings is 1. The summed E-state index contributed by atoms with van der Waals surface area (Å²) >= 11 is 1.92. The fraction of sp³-hybridized carbons (Fsp3) is 0.538. The van der Waals surface area contributed by atoms with Gasteiger partial charge in [0.1, 0.15) is 5.82 Å². The van der Waals surface area contributed by atoms with Crippen molar-refractivity contribution in [3.8, 4) is 0 Å². The number of anilines is 2. The van der Waals surface area contributed by atoms with E-state index < -0.39 is 5.60 Å². The van der Waals surface area contributed by atoms with Gasteiger partial charge in [-0.25, -0.2) is 4.39 Å². The monoisotopic (exact) mass is 380 g/mol. The van der Waals surface area contributed by atoms with Gasteiger partial charge in [-0.05, 0) is 42.5 Å². The van der Waals surface area contributed by atoms with Gasteiger partial charge in [-0.1, -0.05) is 0 Å². The number of nitrogen functional groups attached to an aromatic ring is 1. The summed E-state index contributed by atoms with van der Waals surface area (Å²) in [5.74, 6) is -0.283. The molecule has 1 aliphatic heterocycles. The first-order chi connectivity index (χ1) is 8.82. The minimum Gasteiger partial charge on any atom is -0.397 e. The Morgan fingerprint density at radius 3 is 2.89 bits per heavy atom. The molecule has 1 aromatic carbocycles. The molecular formula is C13H18FIN2O2. The molecule has 6 heteroatoms. The maximum Gasteiger partial charge on any atom is 0.138 e. The number of ether oxygens (including phenoxy) is 1. The van der Waals surface area contributed by atoms with E-state index in [1.54, 1.807) is 6.07 Å². The van der Waals surface area contributed by atoms with E-state index in [2.05, 4.69) is 0 Å². The van der Waals surface area contributed by atoms with Crippen LogP contribution in [0.5, 0.6) is 0 Å². The molecule has 0 aromatic heterocycles. The zero-order valence-electron chi connectivity index (χ0n) is 11.0. The summed E-state index contributed by atoms with van der Waals surface area (Å²) in [5.41, 5.74) is 6.78. The molecule has 1 aromatic rings. The normalized spacial score (nSPS) is 22.6. The second-order valence-corrected chi connectivity index (χ2v) is 6.55. The first-order valence-corrected chi connectivity index (χ1v) is 7.18. The number of halogens is 2. The standard InChI is InChI=1S/C13H18FIN2O2/c1-13(2)7-17(5-8(6-18)19-13)12-3-9(14)10(15)4-11(12)16/h3-4,8,18H,5-7,16H2,1-2H3. The van der Waals surface area contributed by atoms with Gasteiger partial charge >= 0.3 is 0 Å². The lowest BCUT2D eigenvalue weighted by molar-refractivity contribution is -0.101. The maximum absolute atomic E-state index is 13.7. The number of nitrogens with two attached hydrogens (primary N) is 1. The van der Waals surface area contributed by atoms with Crippen molar-refractivity contribution >= 4 is 34.0 Å². The van der Waals surface area contributed by atoms with Gasteiger partial charge in [0.15, 0.2) is 0 Å². The van der Waals surface area contributed by atoms with Crippen molar-refractivity contribution in [1.82, 2.24) is 0 Å². The lowest BCUT2D eigenvalue weighted by Crippen LogP contribution is -2.54. The molecule has 0 amide bonds. The third-order valence-electron chi connectivity index (χ3n) is 3.10. The molecule has 0 bridgehead atoms. The predicted octanol–water partition coefficient (Wildman–Crippen LogP) is 1.99. The van der Waals surface area contributed by atoms with E-state index in [0.29, 0.717) is 28.0 Å². The molecule has 1 heterocycles. The van der Waals surface area contributed by atoms with Crippen LogP contribution < -0.4 is 10.6 Å². The van der Waals surface area contributed by atoms with E-state index in [4.69, 9.17) is 10.5 Å². The fourth-order valence-electron chi connectivity index (χ4n) is 2.40. The number of hydrogen-bond donors (Lipinski definition) is 2. The summed E-state index contributed by atoms with van der Waals surface area (Å²) < 4.78 is 20.0. The number of benzene rings is 1. The van der Waals surface area contributed by atoms with Crippen LogP contribution in [0.3, 0.4) is 0 Å². The van der Waals surface area contributed by atoms with Crippen LogP contribution in [0, 0.1) is 9.39 Å². The SMILES string of the molecule is CC1(C)CN(c2cc(F)c(I)cc2N)CC(CO)O1. The summed E-state index contributed by atoms with van der Waals surface area (Å²) in [4.78, 5) is 1.97. The average Bonchev–Trinajstić information content (AvgIpc) is 2.31. The molecule has 0 radical (unpaired) electrons. The van der Waals surface area contributed by atoms with Gasteiger partial charge in [0.2, 0.25) is 0 Å². The Hall–Kier alpha value is -0.600. The highest BCUT2D eigenvalue weighted by Crippen LogP contribution is 2.32. The maximum atomic E-state index is 13.7. The highest BCUT2D eigenvalue weighted by atomic mass is 127. The Bertz CT molecular complexity index is 482. The first-order valence-electron chi connectivity index (χ1n) is 6.10. The Morgan fingerprint density at radius 2 is 2.26 bits per heavy atom. The van der Waals surface area contributed by atoms with Gasteiger partial charge in [0.05, 0.1) is 33.3 Å². The van der Waals surface area contributed by atoms with Crippen molar-refractivity contribution in [3.63, 3.8) is 0 Å². The van der Waals surface area contributed by atoms with Gasteiger partial charge in [-0.3, -0.25) is 0 Å². The van der Waals surface area contributed by atoms with Crippen molar-refractivity contribution < 1.29 is 14.2 Å². The van der Waals surface area contributed by atoms with Gasteiger partial charge in [0, 0.05) is 19.2 Å². The first kappa shape index (κ1) is 14.8. The molecule has 1 unspecified atom stereocenters. The van der Waals surface area contributed by atoms with Gasteiger partial charge < -0.3 is 20.5 Å². The molecule has 2 rings (SSSR count). The molecule has 3 N–H and O–H groups in total. The van der Waals surface area contributed by atoms with Crippen molar-refractivity contribution in [2.24, 2.45) is 0 Å². The van der Waals surface area contributed by atoms with Gasteiger partial charge in [-0.2, -0.15) is 0 Å². The Balaban J connectivity index is 2.33. The van der Waals surface area contributed by atoms with Crippen LogP contribution in [0.25, 0.3) is 0 Å². The third-order valence-corrected chi connectivity index (χ3v) is 3.92. The second kappa shape index (κ2) is 5.41. The summed E-state index contributed by atoms with van der Waals surface area (Å²) in [6.45, 7) is 4.94. The van der Waals surface area contributed by atoms with Gasteiger partial charge in [-0.15, -0.1) is 0 Å². The number of hydrogen-bond acceptors (Lipinski definition) is 4. The molecule has 1 atom stereocenters. The fourth-order valence-corrected chi connectivity index (χ4v) is 2.89. The molecular weight excluding hydrogens is 362 g/mol. The molecule has 19 heavy (non-hydrogen) atoms. The van der Waals surface area contributed by atoms with Crippen LogP contribution in [-0.2, 0) is 4.74 Å². The minimum atomic E-state index is -0.405. The summed E-state index contributed by atoms with van der Waals surface area (Å²) in [5, 5.41) is 9.30. The minimum absolute atomic E-state index is 0.0628. The topological polar surface area (TPSA) is 58.7 Å². The lowest BCUT2D eigenvalue weighted by Gasteiger charge is -2.43. The predicted molar refractivity (Wildman–Crippen MR) is 81.8 cm³/mol. The van der Waals surface area contributed by atoms with E-state index in [-0.39, 0.29) is 18.5 Å². The zero-order valence-corrected chi connectivity index (χ0v) is 13.1. The van der Waals surface area contributed by atoms with E-state index in [1.807, 2.05) is 41.3 Å². The molecule has 1 fully saturated rings. The van der Waals surface area contributed by atoms with Crippen LogP contribution in [0.2, 0.25) is 0 Å². The van der Waals surface area contributed by atoms with E-state index in [1.165, 1.54) is 6.07 Å². The van der Waals surface area contributed by atoms with Gasteiger partial charge in [0.25, 0.3) is 0 Å². The highest BCUT2D eigenvalue weighted by Gasteiger charge is 2.34. The molecule has 1 aliphatic rings. The van der Waals surface area contributed by atoms with Crippen LogP contribution in [0.4, 0.5) is 15.8 Å². The van der Waals surface area contributed by atoms with Crippen molar-refractivity contribution in [1.29, 1.82) is 0 Å². The third kappa shape index (κ3) is 3.29. The summed E-state index contributed by atoms with van der Waals surface area (Å²) in [6, 6.07) is 3.08. The quantitative estimate of drug-likeness (QED) is 0.609. The molecule has 0 aliphatic carbocycles. The van der Waals surface area contributed by atoms with Crippen molar-refractivity contribution in [3.05, 3.63) is 21.5 Å². The van der Waals surface area contributed by atoms with E-state index in [0.717, 1.165) is 0 Å². The Labute approximate surface area is 125 Å². The molecule has 4 nitrogen and oxygen atoms in total. The van der Waals surface area contributed by atoms with Crippen molar-refractivity contribution in [2.45, 2.75) is 25.6 Å². The van der Waals surface area contributed by atoms with E-state index >= 15 is 0 Å². The van der Waals surface area contributed by atoms with Crippen molar-refractivity contribution in [2.75, 3.05) is 30.3 Å². The number of aliphatic hydroxyl groups is 1. The van der Waals surface area contributed by atoms with Crippen LogP contribution in [0.15, 0.2) is 12.1 Å². The Kier molecular flexibility index (Phi) is 4.22. The molecule has 1 saturated heterocycles. The second-order valence-electron chi connectivity index (χ2n) is 5.39. The number of rotatable bonds is 2. The van der Waals surface area contributed by atoms with Crippen LogP contribution in [-0.4, -0.2) is 36.5 Å². The zero-order chi connectivity index (χ0) is 14.2. The van der Waals surface area contributed by atoms with Crippen LogP contribution >= 0.6 is 22.6 Å². The number of aliphatic hydroxyl groups excluding tert-OH is 1. The highest BCUT2D eigenvalue weighted by molar-refractivity contribution is 14.1. The summed E-state index contributed by atoms with van der Waals surface area (Å²) in [7, 11) is 0. The summed E-state index contributed by atoms with van der Waals surface area (Å²) in [6.07, 6.45) is -0.287. The molecule has 106 valence electrons. The van der Waals surface area contributed by atoms with Crippen LogP contribution in [0.1, 0.15) is 13.8 Å². The van der Waals surface area contributed by atoms with E-state index in [9.17, 15) is 9.50 Å². The number of nitrogens with zero attached hydrogens (tertiary/aromatic N) is 1. The average molecular weight is 380 g/mol. The largest absolute Gasteiger partial charge is 0.397 e. The smallest absolute Gasteiger partial charge is 0.138 e. The molecule has 0 spiro atoms. The molecule has 0 saturated carbocycles. The lowest BCUT2D eigenvalue weighted by atomic mass is 10.0. The Morgan fingerprint density at radius 1 is 1.58 bits per heavy atom.